The second-order valence-electron chi connectivity index (χ2n) is 3.63. The Morgan fingerprint density at radius 1 is 1.15 bits per heavy atom. The largest absolute Gasteiger partial charge is 0.846 e. The normalized spacial score (nSPS) is 14.8. The molecule has 1 aromatic carbocycles. The molecule has 0 fully saturated rings. The highest BCUT2D eigenvalue weighted by atomic mass is 16.3. The number of rotatable bonds is 2. The Morgan fingerprint density at radius 3 is 2.00 bits per heavy atom. The Balaban J connectivity index is 0.00000144. The van der Waals surface area contributed by atoms with E-state index in [2.05, 4.69) is 0 Å². The van der Waals surface area contributed by atoms with Crippen molar-refractivity contribution in [1.82, 2.24) is 6.15 Å². The summed E-state index contributed by atoms with van der Waals surface area (Å²) in [6.45, 7) is 5.66. The van der Waals surface area contributed by atoms with Crippen LogP contribution < -0.4 is 11.3 Å². The molecule has 2 heteroatoms. The first-order valence-electron chi connectivity index (χ1n) is 4.31. The van der Waals surface area contributed by atoms with E-state index < -0.39 is 5.60 Å². The van der Waals surface area contributed by atoms with Crippen LogP contribution in [-0.4, -0.2) is 0 Å². The molecular formula is C11H19NO. The minimum Gasteiger partial charge on any atom is -0.846 e. The summed E-state index contributed by atoms with van der Waals surface area (Å²) in [6.07, 6.45) is 0. The summed E-state index contributed by atoms with van der Waals surface area (Å²) < 4.78 is 0. The van der Waals surface area contributed by atoms with Crippen molar-refractivity contribution in [3.8, 4) is 0 Å². The second kappa shape index (κ2) is 4.40. The fourth-order valence-electron chi connectivity index (χ4n) is 1.10. The predicted octanol–water partition coefficient (Wildman–Crippen LogP) is 2.29. The number of benzene rings is 1. The van der Waals surface area contributed by atoms with E-state index >= 15 is 0 Å². The monoisotopic (exact) mass is 181 g/mol. The number of quaternary nitrogens is 1. The van der Waals surface area contributed by atoms with Crippen molar-refractivity contribution in [3.05, 3.63) is 35.9 Å². The van der Waals surface area contributed by atoms with Crippen molar-refractivity contribution < 1.29 is 5.11 Å². The molecule has 2 nitrogen and oxygen atoms in total. The molecule has 0 aromatic heterocycles. The molecular weight excluding hydrogens is 162 g/mol. The smallest absolute Gasteiger partial charge is 0.0530 e. The zero-order valence-corrected chi connectivity index (χ0v) is 8.87. The summed E-state index contributed by atoms with van der Waals surface area (Å²) in [4.78, 5) is 0. The molecule has 74 valence electrons. The molecule has 0 heterocycles. The van der Waals surface area contributed by atoms with E-state index in [0.717, 1.165) is 5.56 Å². The molecule has 0 radical (unpaired) electrons. The molecule has 4 N–H and O–H groups in total. The van der Waals surface area contributed by atoms with E-state index in [1.54, 1.807) is 6.92 Å². The van der Waals surface area contributed by atoms with Gasteiger partial charge in [0.15, 0.2) is 0 Å². The van der Waals surface area contributed by atoms with Gasteiger partial charge in [0.05, 0.1) is 0 Å². The zero-order chi connectivity index (χ0) is 9.19. The molecule has 0 amide bonds. The summed E-state index contributed by atoms with van der Waals surface area (Å²) in [7, 11) is 0. The van der Waals surface area contributed by atoms with Crippen LogP contribution in [0.15, 0.2) is 30.3 Å². The zero-order valence-electron chi connectivity index (χ0n) is 8.87. The van der Waals surface area contributed by atoms with Crippen LogP contribution in [0.3, 0.4) is 0 Å². The molecule has 13 heavy (non-hydrogen) atoms. The fourth-order valence-corrected chi connectivity index (χ4v) is 1.10. The molecule has 0 aliphatic heterocycles. The molecule has 0 aliphatic rings. The van der Waals surface area contributed by atoms with Crippen LogP contribution in [0.2, 0.25) is 0 Å². The molecule has 0 bridgehead atoms. The second-order valence-corrected chi connectivity index (χ2v) is 3.63. The third-order valence-corrected chi connectivity index (χ3v) is 2.45. The lowest BCUT2D eigenvalue weighted by Crippen LogP contribution is -2.42. The minimum atomic E-state index is -0.957. The quantitative estimate of drug-likeness (QED) is 0.747. The third kappa shape index (κ3) is 2.54. The molecule has 0 aliphatic carbocycles. The minimum absolute atomic E-state index is 0. The van der Waals surface area contributed by atoms with Gasteiger partial charge in [-0.15, -0.1) is 0 Å². The van der Waals surface area contributed by atoms with Crippen LogP contribution in [0.25, 0.3) is 0 Å². The Morgan fingerprint density at radius 2 is 1.62 bits per heavy atom. The van der Waals surface area contributed by atoms with Gasteiger partial charge in [-0.3, -0.25) is 0 Å². The van der Waals surface area contributed by atoms with Crippen molar-refractivity contribution in [2.45, 2.75) is 26.4 Å². The Hall–Kier alpha value is -0.860. The van der Waals surface area contributed by atoms with E-state index in [1.807, 2.05) is 44.2 Å². The van der Waals surface area contributed by atoms with Gasteiger partial charge < -0.3 is 11.3 Å². The highest BCUT2D eigenvalue weighted by Crippen LogP contribution is 2.24. The average Bonchev–Trinajstić information content (AvgIpc) is 2.06. The summed E-state index contributed by atoms with van der Waals surface area (Å²) in [6, 6.07) is 9.54. The first kappa shape index (κ1) is 12.1. The van der Waals surface area contributed by atoms with Crippen LogP contribution in [0, 0.1) is 5.92 Å². The Bertz CT molecular complexity index is 242. The van der Waals surface area contributed by atoms with Crippen LogP contribution in [-0.2, 0) is 5.60 Å². The first-order chi connectivity index (χ1) is 5.55. The third-order valence-electron chi connectivity index (χ3n) is 2.45. The van der Waals surface area contributed by atoms with Gasteiger partial charge in [0.1, 0.15) is 0 Å². The van der Waals surface area contributed by atoms with Crippen molar-refractivity contribution >= 4 is 0 Å². The van der Waals surface area contributed by atoms with Crippen molar-refractivity contribution in [1.29, 1.82) is 0 Å². The Kier molecular flexibility index (Phi) is 4.11. The average molecular weight is 181 g/mol. The standard InChI is InChI=1S/C11H15O.H3N/c1-9(2)11(3,12)10-7-5-4-6-8-10;/h4-9H,1-3H3;1H3/q-1;/p+1. The molecule has 1 rings (SSSR count). The molecule has 1 aromatic rings. The van der Waals surface area contributed by atoms with Crippen LogP contribution in [0.4, 0.5) is 0 Å². The molecule has 1 atom stereocenters. The molecule has 0 saturated heterocycles. The van der Waals surface area contributed by atoms with E-state index in [0.29, 0.717) is 0 Å². The molecule has 0 saturated carbocycles. The van der Waals surface area contributed by atoms with Gasteiger partial charge in [0.2, 0.25) is 0 Å². The highest BCUT2D eigenvalue weighted by Gasteiger charge is 2.15. The fraction of sp³-hybridized carbons (Fsp3) is 0.455. The topological polar surface area (TPSA) is 59.6 Å². The lowest BCUT2D eigenvalue weighted by Gasteiger charge is -2.41. The van der Waals surface area contributed by atoms with E-state index in [-0.39, 0.29) is 12.1 Å². The van der Waals surface area contributed by atoms with Crippen molar-refractivity contribution in [3.63, 3.8) is 0 Å². The lowest BCUT2D eigenvalue weighted by molar-refractivity contribution is -0.494. The summed E-state index contributed by atoms with van der Waals surface area (Å²) in [5.41, 5.74) is -0.0821. The molecule has 1 unspecified atom stereocenters. The summed E-state index contributed by atoms with van der Waals surface area (Å²) >= 11 is 0. The van der Waals surface area contributed by atoms with Gasteiger partial charge in [-0.05, 0) is 0 Å². The van der Waals surface area contributed by atoms with Gasteiger partial charge in [0, 0.05) is 0 Å². The summed E-state index contributed by atoms with van der Waals surface area (Å²) in [5, 5.41) is 12.0. The van der Waals surface area contributed by atoms with Gasteiger partial charge in [-0.2, -0.15) is 0 Å². The maximum atomic E-state index is 12.0. The number of hydrogen-bond donors (Lipinski definition) is 1. The van der Waals surface area contributed by atoms with Crippen molar-refractivity contribution in [2.75, 3.05) is 0 Å². The predicted molar refractivity (Wildman–Crippen MR) is 54.6 cm³/mol. The SMILES string of the molecule is CC(C)C(C)([O-])c1ccccc1.[NH4+]. The maximum absolute atomic E-state index is 12.0. The van der Waals surface area contributed by atoms with E-state index in [9.17, 15) is 5.11 Å². The van der Waals surface area contributed by atoms with Gasteiger partial charge >= 0.3 is 0 Å². The van der Waals surface area contributed by atoms with Crippen molar-refractivity contribution in [2.24, 2.45) is 5.92 Å². The van der Waals surface area contributed by atoms with Gasteiger partial charge in [-0.1, -0.05) is 68.2 Å². The lowest BCUT2D eigenvalue weighted by atomic mass is 9.85. The Labute approximate surface area is 80.2 Å². The van der Waals surface area contributed by atoms with Crippen LogP contribution in [0.5, 0.6) is 0 Å². The van der Waals surface area contributed by atoms with E-state index in [1.165, 1.54) is 0 Å². The number of hydrogen-bond acceptors (Lipinski definition) is 1. The van der Waals surface area contributed by atoms with Gasteiger partial charge in [0.25, 0.3) is 0 Å². The van der Waals surface area contributed by atoms with E-state index in [4.69, 9.17) is 0 Å². The van der Waals surface area contributed by atoms with Gasteiger partial charge in [-0.25, -0.2) is 0 Å². The highest BCUT2D eigenvalue weighted by molar-refractivity contribution is 5.21. The van der Waals surface area contributed by atoms with Crippen LogP contribution >= 0.6 is 0 Å². The van der Waals surface area contributed by atoms with Crippen LogP contribution in [0.1, 0.15) is 26.3 Å². The molecule has 0 spiro atoms. The summed E-state index contributed by atoms with van der Waals surface area (Å²) in [5.74, 6) is 0.125. The first-order valence-corrected chi connectivity index (χ1v) is 4.31. The maximum Gasteiger partial charge on any atom is -0.0530 e.